The quantitative estimate of drug-likeness (QED) is 0.668. The predicted octanol–water partition coefficient (Wildman–Crippen LogP) is 4.69. The summed E-state index contributed by atoms with van der Waals surface area (Å²) in [7, 11) is -5.81. The molecule has 1 N–H and O–H groups in total. The Hall–Kier alpha value is -2.86. The van der Waals surface area contributed by atoms with Crippen molar-refractivity contribution in [1.82, 2.24) is 9.97 Å². The zero-order chi connectivity index (χ0) is 20.9. The Morgan fingerprint density at radius 2 is 1.75 bits per heavy atom. The highest BCUT2D eigenvalue weighted by Gasteiger charge is 2.50. The lowest BCUT2D eigenvalue weighted by molar-refractivity contribution is -0.0438. The molecule has 0 aliphatic heterocycles. The number of fused-ring (bicyclic) bond motifs is 1. The fourth-order valence-corrected chi connectivity index (χ4v) is 3.69. The number of rotatable bonds is 2. The van der Waals surface area contributed by atoms with Crippen LogP contribution < -0.4 is 0 Å². The average molecular weight is 407 g/mol. The molecule has 0 aliphatic rings. The molecular formula is C19H16F3N3O2S. The van der Waals surface area contributed by atoms with Crippen LogP contribution in [0.2, 0.25) is 0 Å². The molecule has 1 aromatic carbocycles. The van der Waals surface area contributed by atoms with Gasteiger partial charge in [-0.2, -0.15) is 18.4 Å². The Morgan fingerprint density at radius 3 is 2.32 bits per heavy atom. The minimum absolute atomic E-state index is 0.0858. The molecule has 0 saturated heterocycles. The molecule has 0 saturated carbocycles. The van der Waals surface area contributed by atoms with Crippen LogP contribution in [0.4, 0.5) is 13.2 Å². The van der Waals surface area contributed by atoms with Crippen molar-refractivity contribution in [2.45, 2.75) is 36.7 Å². The minimum Gasteiger partial charge on any atom is -0.361 e. The average Bonchev–Trinajstić information content (AvgIpc) is 3.02. The van der Waals surface area contributed by atoms with E-state index in [4.69, 9.17) is 0 Å². The fourth-order valence-electron chi connectivity index (χ4n) is 2.82. The van der Waals surface area contributed by atoms with Crippen LogP contribution in [0, 0.1) is 11.3 Å². The van der Waals surface area contributed by atoms with Crippen molar-refractivity contribution in [1.29, 1.82) is 5.26 Å². The molecule has 5 nitrogen and oxygen atoms in total. The molecule has 28 heavy (non-hydrogen) atoms. The van der Waals surface area contributed by atoms with Crippen LogP contribution in [0.5, 0.6) is 0 Å². The second kappa shape index (κ2) is 6.34. The van der Waals surface area contributed by atoms with Crippen molar-refractivity contribution in [3.05, 3.63) is 47.8 Å². The monoisotopic (exact) mass is 407 g/mol. The van der Waals surface area contributed by atoms with Crippen molar-refractivity contribution < 1.29 is 21.6 Å². The van der Waals surface area contributed by atoms with Gasteiger partial charge in [0.05, 0.1) is 5.56 Å². The minimum atomic E-state index is -5.81. The van der Waals surface area contributed by atoms with Crippen LogP contribution in [0.25, 0.3) is 22.0 Å². The zero-order valence-corrected chi connectivity index (χ0v) is 16.0. The van der Waals surface area contributed by atoms with Crippen molar-refractivity contribution in [2.24, 2.45) is 0 Å². The number of sulfone groups is 1. The Morgan fingerprint density at radius 1 is 1.11 bits per heavy atom. The van der Waals surface area contributed by atoms with Gasteiger partial charge in [-0.1, -0.05) is 39.0 Å². The van der Waals surface area contributed by atoms with E-state index in [1.165, 1.54) is 12.3 Å². The Bertz CT molecular complexity index is 1210. The van der Waals surface area contributed by atoms with E-state index in [0.717, 1.165) is 0 Å². The Balaban J connectivity index is 2.47. The van der Waals surface area contributed by atoms with Gasteiger partial charge in [-0.25, -0.2) is 13.4 Å². The maximum Gasteiger partial charge on any atom is 0.503 e. The molecule has 146 valence electrons. The number of nitriles is 1. The summed E-state index contributed by atoms with van der Waals surface area (Å²) in [5, 5.41) is 8.95. The third kappa shape index (κ3) is 3.14. The third-order valence-corrected chi connectivity index (χ3v) is 5.72. The van der Waals surface area contributed by atoms with E-state index in [9.17, 15) is 26.9 Å². The van der Waals surface area contributed by atoms with E-state index < -0.39 is 31.3 Å². The lowest BCUT2D eigenvalue weighted by Crippen LogP contribution is -2.27. The summed E-state index contributed by atoms with van der Waals surface area (Å²) in [4.78, 5) is 6.75. The molecule has 0 radical (unpaired) electrons. The number of nitrogens with one attached hydrogen (secondary N) is 1. The van der Waals surface area contributed by atoms with Crippen molar-refractivity contribution in [3.63, 3.8) is 0 Å². The molecule has 0 unspecified atom stereocenters. The number of benzene rings is 1. The molecule has 9 heteroatoms. The molecule has 0 spiro atoms. The van der Waals surface area contributed by atoms with Crippen LogP contribution in [-0.4, -0.2) is 23.9 Å². The molecular weight excluding hydrogens is 391 g/mol. The fraction of sp³-hybridized carbons (Fsp3) is 0.263. The lowest BCUT2D eigenvalue weighted by Gasteiger charge is -2.21. The summed E-state index contributed by atoms with van der Waals surface area (Å²) in [6.07, 6.45) is 1.54. The second-order valence-electron chi connectivity index (χ2n) is 7.29. The highest BCUT2D eigenvalue weighted by atomic mass is 32.2. The molecule has 3 aromatic rings. The van der Waals surface area contributed by atoms with Gasteiger partial charge in [-0.15, -0.1) is 0 Å². The summed E-state index contributed by atoms with van der Waals surface area (Å²) in [6, 6.07) is 10.1. The highest BCUT2D eigenvalue weighted by molar-refractivity contribution is 7.92. The third-order valence-electron chi connectivity index (χ3n) is 4.31. The van der Waals surface area contributed by atoms with E-state index >= 15 is 0 Å². The number of aromatic nitrogens is 2. The maximum atomic E-state index is 13.2. The topological polar surface area (TPSA) is 86.6 Å². The summed E-state index contributed by atoms with van der Waals surface area (Å²) in [6.45, 7) is 5.10. The van der Waals surface area contributed by atoms with E-state index in [-0.39, 0.29) is 11.3 Å². The van der Waals surface area contributed by atoms with Crippen molar-refractivity contribution in [2.75, 3.05) is 0 Å². The molecule has 0 atom stereocenters. The summed E-state index contributed by atoms with van der Waals surface area (Å²) in [5.41, 5.74) is -5.59. The highest BCUT2D eigenvalue weighted by Crippen LogP contribution is 2.39. The summed E-state index contributed by atoms with van der Waals surface area (Å²) in [5.74, 6) is 0. The first-order chi connectivity index (χ1) is 12.9. The number of hydrogen-bond donors (Lipinski definition) is 1. The number of aromatic amines is 1. The first kappa shape index (κ1) is 19.9. The van der Waals surface area contributed by atoms with Gasteiger partial charge >= 0.3 is 5.51 Å². The number of pyridine rings is 1. The standard InChI is InChI=1S/C19H16F3N3O2S/c1-18(2,3)16-8-12(14-10-24-15-7-5-4-6-11(14)15)13(9-23)17(25-16)28(26,27)19(20,21)22/h4-8,10,24H,1-3H3. The SMILES string of the molecule is CC(C)(C)c1cc(-c2c[nH]c3ccccc23)c(C#N)c(S(=O)(=O)C(F)(F)F)n1. The van der Waals surface area contributed by atoms with Crippen molar-refractivity contribution >= 4 is 20.7 Å². The Kier molecular flexibility index (Phi) is 4.51. The smallest absolute Gasteiger partial charge is 0.361 e. The number of halogens is 3. The van der Waals surface area contributed by atoms with Gasteiger partial charge in [0, 0.05) is 39.3 Å². The van der Waals surface area contributed by atoms with Gasteiger partial charge in [-0.3, -0.25) is 0 Å². The van der Waals surface area contributed by atoms with Gasteiger partial charge in [0.2, 0.25) is 0 Å². The molecule has 3 rings (SSSR count). The van der Waals surface area contributed by atoms with Gasteiger partial charge < -0.3 is 4.98 Å². The summed E-state index contributed by atoms with van der Waals surface area (Å²) >= 11 is 0. The second-order valence-corrected chi connectivity index (χ2v) is 9.15. The number of para-hydroxylation sites is 1. The Labute approximate surface area is 159 Å². The van der Waals surface area contributed by atoms with Crippen LogP contribution in [0.15, 0.2) is 41.6 Å². The van der Waals surface area contributed by atoms with Crippen LogP contribution >= 0.6 is 0 Å². The van der Waals surface area contributed by atoms with E-state index in [0.29, 0.717) is 16.5 Å². The number of nitrogens with zero attached hydrogens (tertiary/aromatic N) is 2. The van der Waals surface area contributed by atoms with Gasteiger partial charge in [0.15, 0.2) is 5.03 Å². The van der Waals surface area contributed by atoms with Crippen molar-refractivity contribution in [3.8, 4) is 17.2 Å². The van der Waals surface area contributed by atoms with Gasteiger partial charge in [0.1, 0.15) is 6.07 Å². The van der Waals surface area contributed by atoms with Crippen LogP contribution in [0.1, 0.15) is 32.0 Å². The molecule has 0 aliphatic carbocycles. The summed E-state index contributed by atoms with van der Waals surface area (Å²) < 4.78 is 64.0. The van der Waals surface area contributed by atoms with E-state index in [2.05, 4.69) is 9.97 Å². The van der Waals surface area contributed by atoms with Crippen LogP contribution in [-0.2, 0) is 15.3 Å². The molecule has 2 aromatic heterocycles. The van der Waals surface area contributed by atoms with E-state index in [1.807, 2.05) is 0 Å². The number of alkyl halides is 3. The zero-order valence-electron chi connectivity index (χ0n) is 15.2. The van der Waals surface area contributed by atoms with E-state index in [1.54, 1.807) is 51.1 Å². The lowest BCUT2D eigenvalue weighted by atomic mass is 9.89. The van der Waals surface area contributed by atoms with Gasteiger partial charge in [0.25, 0.3) is 9.84 Å². The van der Waals surface area contributed by atoms with Crippen LogP contribution in [0.3, 0.4) is 0 Å². The molecule has 2 heterocycles. The van der Waals surface area contributed by atoms with Gasteiger partial charge in [-0.05, 0) is 12.1 Å². The number of hydrogen-bond acceptors (Lipinski definition) is 4. The maximum absolute atomic E-state index is 13.2. The predicted molar refractivity (Wildman–Crippen MR) is 98.2 cm³/mol. The normalized spacial score (nSPS) is 12.9. The largest absolute Gasteiger partial charge is 0.503 e. The molecule has 0 bridgehead atoms. The first-order valence-corrected chi connectivity index (χ1v) is 9.69. The number of H-pyrrole nitrogens is 1. The molecule has 0 amide bonds. The molecule has 0 fully saturated rings. The first-order valence-electron chi connectivity index (χ1n) is 8.21.